The van der Waals surface area contributed by atoms with Crippen molar-refractivity contribution in [2.45, 2.75) is 25.4 Å². The zero-order chi connectivity index (χ0) is 14.3. The van der Waals surface area contributed by atoms with Crippen LogP contribution in [0.25, 0.3) is 0 Å². The van der Waals surface area contributed by atoms with E-state index in [4.69, 9.17) is 5.11 Å². The van der Waals surface area contributed by atoms with Crippen LogP contribution in [0.5, 0.6) is 0 Å². The van der Waals surface area contributed by atoms with Crippen LogP contribution in [0, 0.1) is 0 Å². The van der Waals surface area contributed by atoms with Crippen molar-refractivity contribution in [3.8, 4) is 0 Å². The lowest BCUT2D eigenvalue weighted by Crippen LogP contribution is -2.49. The van der Waals surface area contributed by atoms with Gasteiger partial charge in [-0.2, -0.15) is 0 Å². The summed E-state index contributed by atoms with van der Waals surface area (Å²) in [5.74, 6) is 0.0183. The molecule has 1 atom stereocenters. The first kappa shape index (κ1) is 13.4. The molecule has 1 unspecified atom stereocenters. The highest BCUT2D eigenvalue weighted by Crippen LogP contribution is 2.29. The van der Waals surface area contributed by atoms with Crippen LogP contribution in [0.2, 0.25) is 0 Å². The van der Waals surface area contributed by atoms with E-state index in [1.807, 2.05) is 23.1 Å². The van der Waals surface area contributed by atoms with Gasteiger partial charge in [-0.05, 0) is 36.6 Å². The quantitative estimate of drug-likeness (QED) is 0.855. The SMILES string of the molecule is O=C(O)N1CCCC(N2Cc3cc(Br)ccc3C2=O)C1. The second kappa shape index (κ2) is 5.09. The van der Waals surface area contributed by atoms with Crippen LogP contribution in [0.3, 0.4) is 0 Å². The minimum Gasteiger partial charge on any atom is -0.465 e. The van der Waals surface area contributed by atoms with Crippen LogP contribution in [0.15, 0.2) is 22.7 Å². The Hall–Kier alpha value is -1.56. The molecule has 1 aromatic carbocycles. The molecule has 1 N–H and O–H groups in total. The van der Waals surface area contributed by atoms with E-state index in [2.05, 4.69) is 15.9 Å². The van der Waals surface area contributed by atoms with Gasteiger partial charge in [-0.1, -0.05) is 15.9 Å². The molecule has 0 spiro atoms. The number of nitrogens with zero attached hydrogens (tertiary/aromatic N) is 2. The summed E-state index contributed by atoms with van der Waals surface area (Å²) in [7, 11) is 0. The van der Waals surface area contributed by atoms with Crippen molar-refractivity contribution < 1.29 is 14.7 Å². The Morgan fingerprint density at radius 3 is 2.95 bits per heavy atom. The van der Waals surface area contributed by atoms with Gasteiger partial charge in [0.1, 0.15) is 0 Å². The molecular formula is C14H15BrN2O3. The molecule has 3 rings (SSSR count). The highest BCUT2D eigenvalue weighted by Gasteiger charge is 2.35. The predicted molar refractivity (Wildman–Crippen MR) is 76.6 cm³/mol. The molecule has 20 heavy (non-hydrogen) atoms. The molecule has 0 bridgehead atoms. The lowest BCUT2D eigenvalue weighted by Gasteiger charge is -2.36. The Labute approximate surface area is 125 Å². The van der Waals surface area contributed by atoms with Gasteiger partial charge < -0.3 is 14.9 Å². The number of benzene rings is 1. The summed E-state index contributed by atoms with van der Waals surface area (Å²) in [6, 6.07) is 5.65. The van der Waals surface area contributed by atoms with E-state index >= 15 is 0 Å². The van der Waals surface area contributed by atoms with Gasteiger partial charge in [-0.25, -0.2) is 4.79 Å². The highest BCUT2D eigenvalue weighted by molar-refractivity contribution is 9.10. The van der Waals surface area contributed by atoms with E-state index in [1.54, 1.807) is 0 Å². The number of amides is 2. The van der Waals surface area contributed by atoms with Crippen molar-refractivity contribution in [3.63, 3.8) is 0 Å². The van der Waals surface area contributed by atoms with E-state index in [1.165, 1.54) is 4.90 Å². The second-order valence-corrected chi connectivity index (χ2v) is 6.17. The van der Waals surface area contributed by atoms with Crippen LogP contribution in [0.1, 0.15) is 28.8 Å². The lowest BCUT2D eigenvalue weighted by atomic mass is 10.0. The first-order valence-corrected chi connectivity index (χ1v) is 7.43. The number of piperidine rings is 1. The fourth-order valence-electron chi connectivity index (χ4n) is 2.99. The average molecular weight is 339 g/mol. The number of carbonyl (C=O) groups is 2. The maximum atomic E-state index is 12.4. The minimum atomic E-state index is -0.901. The minimum absolute atomic E-state index is 0.0153. The Bertz CT molecular complexity index is 576. The Balaban J connectivity index is 1.80. The molecule has 0 aliphatic carbocycles. The van der Waals surface area contributed by atoms with Crippen molar-refractivity contribution in [3.05, 3.63) is 33.8 Å². The number of carboxylic acid groups (broad SMARTS) is 1. The van der Waals surface area contributed by atoms with Gasteiger partial charge in [0.25, 0.3) is 5.91 Å². The largest absolute Gasteiger partial charge is 0.465 e. The van der Waals surface area contributed by atoms with Gasteiger partial charge in [-0.15, -0.1) is 0 Å². The first-order chi connectivity index (χ1) is 9.56. The summed E-state index contributed by atoms with van der Waals surface area (Å²) < 4.78 is 0.960. The third-order valence-corrected chi connectivity index (χ3v) is 4.50. The van der Waals surface area contributed by atoms with Crippen LogP contribution in [-0.2, 0) is 6.54 Å². The smallest absolute Gasteiger partial charge is 0.407 e. The molecule has 0 radical (unpaired) electrons. The summed E-state index contributed by atoms with van der Waals surface area (Å²) in [4.78, 5) is 26.7. The number of carbonyl (C=O) groups excluding carboxylic acids is 1. The Morgan fingerprint density at radius 1 is 1.40 bits per heavy atom. The van der Waals surface area contributed by atoms with Crippen molar-refractivity contribution >= 4 is 27.9 Å². The van der Waals surface area contributed by atoms with Gasteiger partial charge >= 0.3 is 6.09 Å². The van der Waals surface area contributed by atoms with Crippen molar-refractivity contribution in [1.82, 2.24) is 9.80 Å². The molecule has 2 heterocycles. The number of rotatable bonds is 1. The van der Waals surface area contributed by atoms with Gasteiger partial charge in [0.15, 0.2) is 0 Å². The maximum Gasteiger partial charge on any atom is 0.407 e. The number of hydrogen-bond donors (Lipinski definition) is 1. The lowest BCUT2D eigenvalue weighted by molar-refractivity contribution is 0.0559. The third kappa shape index (κ3) is 2.28. The molecule has 2 amide bonds. The molecule has 6 heteroatoms. The topological polar surface area (TPSA) is 60.9 Å². The number of hydrogen-bond acceptors (Lipinski definition) is 2. The molecule has 106 valence electrons. The molecular weight excluding hydrogens is 324 g/mol. The monoisotopic (exact) mass is 338 g/mol. The molecule has 1 aromatic rings. The van der Waals surface area contributed by atoms with E-state index in [9.17, 15) is 9.59 Å². The standard InChI is InChI=1S/C14H15BrN2O3/c15-10-3-4-12-9(6-10)7-17(13(12)18)11-2-1-5-16(8-11)14(19)20/h3-4,6,11H,1-2,5,7-8H2,(H,19,20). The summed E-state index contributed by atoms with van der Waals surface area (Å²) in [6.07, 6.45) is 0.771. The predicted octanol–water partition coefficient (Wildman–Crippen LogP) is 2.55. The van der Waals surface area contributed by atoms with E-state index in [0.29, 0.717) is 19.6 Å². The number of likely N-dealkylation sites (tertiary alicyclic amines) is 1. The van der Waals surface area contributed by atoms with Crippen molar-refractivity contribution in [1.29, 1.82) is 0 Å². The first-order valence-electron chi connectivity index (χ1n) is 6.63. The van der Waals surface area contributed by atoms with Crippen LogP contribution in [0.4, 0.5) is 4.79 Å². The van der Waals surface area contributed by atoms with Crippen LogP contribution >= 0.6 is 15.9 Å². The molecule has 2 aliphatic rings. The van der Waals surface area contributed by atoms with Crippen LogP contribution < -0.4 is 0 Å². The molecule has 0 aromatic heterocycles. The highest BCUT2D eigenvalue weighted by atomic mass is 79.9. The third-order valence-electron chi connectivity index (χ3n) is 4.01. The summed E-state index contributed by atoms with van der Waals surface area (Å²) in [6.45, 7) is 1.55. The van der Waals surface area contributed by atoms with Gasteiger partial charge in [0.05, 0.1) is 6.04 Å². The van der Waals surface area contributed by atoms with Crippen molar-refractivity contribution in [2.24, 2.45) is 0 Å². The van der Waals surface area contributed by atoms with E-state index in [0.717, 1.165) is 28.4 Å². The van der Waals surface area contributed by atoms with Crippen molar-refractivity contribution in [2.75, 3.05) is 13.1 Å². The Morgan fingerprint density at radius 2 is 2.20 bits per heavy atom. The Kier molecular flexibility index (Phi) is 3.41. The maximum absolute atomic E-state index is 12.4. The summed E-state index contributed by atoms with van der Waals surface area (Å²) in [5.41, 5.74) is 1.75. The molecule has 1 fully saturated rings. The van der Waals surface area contributed by atoms with Crippen LogP contribution in [-0.4, -0.2) is 46.0 Å². The van der Waals surface area contributed by atoms with E-state index < -0.39 is 6.09 Å². The molecule has 0 saturated carbocycles. The normalized spacial score (nSPS) is 22.1. The van der Waals surface area contributed by atoms with Gasteiger partial charge in [0, 0.05) is 29.7 Å². The summed E-state index contributed by atoms with van der Waals surface area (Å²) in [5, 5.41) is 9.09. The zero-order valence-corrected chi connectivity index (χ0v) is 12.5. The zero-order valence-electron chi connectivity index (χ0n) is 10.9. The number of fused-ring (bicyclic) bond motifs is 1. The van der Waals surface area contributed by atoms with Gasteiger partial charge in [-0.3, -0.25) is 4.79 Å². The fourth-order valence-corrected chi connectivity index (χ4v) is 3.40. The molecule has 2 aliphatic heterocycles. The number of halogens is 1. The molecule has 5 nitrogen and oxygen atoms in total. The molecule has 1 saturated heterocycles. The van der Waals surface area contributed by atoms with Gasteiger partial charge in [0.2, 0.25) is 0 Å². The second-order valence-electron chi connectivity index (χ2n) is 5.26. The summed E-state index contributed by atoms with van der Waals surface area (Å²) >= 11 is 3.41. The van der Waals surface area contributed by atoms with E-state index in [-0.39, 0.29) is 11.9 Å². The average Bonchev–Trinajstić information content (AvgIpc) is 2.75. The fraction of sp³-hybridized carbons (Fsp3) is 0.429.